The maximum absolute atomic E-state index is 11.4. The smallest absolute Gasteiger partial charge is 0.154 e. The van der Waals surface area contributed by atoms with Gasteiger partial charge < -0.3 is 9.53 Å². The summed E-state index contributed by atoms with van der Waals surface area (Å²) in [5.41, 5.74) is 0.943. The van der Waals surface area contributed by atoms with E-state index in [4.69, 9.17) is 4.74 Å². The molecule has 2 fully saturated rings. The van der Waals surface area contributed by atoms with Crippen molar-refractivity contribution >= 4 is 28.9 Å². The number of epoxide rings is 1. The summed E-state index contributed by atoms with van der Waals surface area (Å²) in [5, 5.41) is 0. The van der Waals surface area contributed by atoms with Crippen LogP contribution in [0, 0.1) is 17.8 Å². The number of halogens is 1. The molecule has 1 heterocycles. The molecule has 1 saturated heterocycles. The van der Waals surface area contributed by atoms with Crippen molar-refractivity contribution < 1.29 is 9.53 Å². The van der Waals surface area contributed by atoms with E-state index in [1.165, 1.54) is 9.14 Å². The Balaban J connectivity index is 1.68. The fraction of sp³-hybridized carbons (Fsp3) is 0.438. The molecule has 2 aliphatic carbocycles. The van der Waals surface area contributed by atoms with Gasteiger partial charge in [-0.1, -0.05) is 36.4 Å². The topological polar surface area (TPSA) is 29.6 Å². The van der Waals surface area contributed by atoms with Crippen molar-refractivity contribution in [3.8, 4) is 0 Å². The molecule has 0 bridgehead atoms. The van der Waals surface area contributed by atoms with Gasteiger partial charge >= 0.3 is 0 Å². The highest BCUT2D eigenvalue weighted by atomic mass is 127. The van der Waals surface area contributed by atoms with E-state index < -0.39 is 5.60 Å². The summed E-state index contributed by atoms with van der Waals surface area (Å²) >= 11 is 2.43. The second kappa shape index (κ2) is 4.16. The van der Waals surface area contributed by atoms with Gasteiger partial charge in [0.05, 0.1) is 6.61 Å². The number of ether oxygens (including phenoxy) is 1. The molecule has 1 aromatic rings. The Bertz CT molecular complexity index is 547. The summed E-state index contributed by atoms with van der Waals surface area (Å²) < 4.78 is 6.94. The van der Waals surface area contributed by atoms with Crippen molar-refractivity contribution in [2.24, 2.45) is 17.8 Å². The number of aldehydes is 1. The second-order valence-corrected chi connectivity index (χ2v) is 7.12. The van der Waals surface area contributed by atoms with Gasteiger partial charge in [-0.25, -0.2) is 0 Å². The van der Waals surface area contributed by atoms with Crippen LogP contribution in [0.2, 0.25) is 0 Å². The molecule has 0 aromatic heterocycles. The molecule has 0 spiro atoms. The van der Waals surface area contributed by atoms with Gasteiger partial charge in [0.15, 0.2) is 6.29 Å². The molecule has 0 radical (unpaired) electrons. The molecule has 4 rings (SSSR count). The molecule has 1 aromatic carbocycles. The van der Waals surface area contributed by atoms with E-state index in [1.807, 2.05) is 0 Å². The number of fused-ring (bicyclic) bond motifs is 1. The first kappa shape index (κ1) is 12.1. The summed E-state index contributed by atoms with van der Waals surface area (Å²) in [7, 11) is 0. The first-order valence-corrected chi connectivity index (χ1v) is 7.85. The van der Waals surface area contributed by atoms with E-state index in [0.29, 0.717) is 30.3 Å². The average Bonchev–Trinajstić information content (AvgIpc) is 3.17. The Kier molecular flexibility index (Phi) is 2.64. The van der Waals surface area contributed by atoms with Crippen molar-refractivity contribution in [3.63, 3.8) is 0 Å². The number of carbonyl (C=O) groups excluding carboxylic acids is 1. The van der Waals surface area contributed by atoms with E-state index >= 15 is 0 Å². The van der Waals surface area contributed by atoms with E-state index in [-0.39, 0.29) is 0 Å². The van der Waals surface area contributed by atoms with Crippen molar-refractivity contribution in [2.45, 2.75) is 17.9 Å². The van der Waals surface area contributed by atoms with Crippen molar-refractivity contribution in [3.05, 3.63) is 45.6 Å². The van der Waals surface area contributed by atoms with Crippen LogP contribution in [0.25, 0.3) is 0 Å². The first-order valence-electron chi connectivity index (χ1n) is 6.77. The molecule has 2 nitrogen and oxygen atoms in total. The zero-order chi connectivity index (χ0) is 13.0. The van der Waals surface area contributed by atoms with Crippen LogP contribution < -0.4 is 0 Å². The number of hydrogen-bond donors (Lipinski definition) is 0. The van der Waals surface area contributed by atoms with Crippen LogP contribution in [0.15, 0.2) is 40.0 Å². The average molecular weight is 366 g/mol. The summed E-state index contributed by atoms with van der Waals surface area (Å²) in [6.07, 6.45) is 4.50. The molecule has 4 unspecified atom stereocenters. The highest BCUT2D eigenvalue weighted by Crippen LogP contribution is 2.63. The van der Waals surface area contributed by atoms with Gasteiger partial charge in [0.1, 0.15) is 5.60 Å². The number of benzene rings is 1. The van der Waals surface area contributed by atoms with Crippen molar-refractivity contribution in [1.29, 1.82) is 0 Å². The minimum absolute atomic E-state index is 0.372. The normalized spacial score (nSPS) is 43.1. The van der Waals surface area contributed by atoms with Gasteiger partial charge in [-0.05, 0) is 50.0 Å². The maximum Gasteiger partial charge on any atom is 0.154 e. The second-order valence-electron chi connectivity index (χ2n) is 5.88. The number of allylic oxidation sites excluding steroid dienone is 2. The third-order valence-corrected chi connectivity index (χ3v) is 6.10. The minimum atomic E-state index is -0.461. The van der Waals surface area contributed by atoms with Gasteiger partial charge in [-0.15, -0.1) is 0 Å². The molecule has 1 aliphatic heterocycles. The van der Waals surface area contributed by atoms with Crippen molar-refractivity contribution in [1.82, 2.24) is 0 Å². The van der Waals surface area contributed by atoms with E-state index in [9.17, 15) is 4.79 Å². The Morgan fingerprint density at radius 3 is 2.63 bits per heavy atom. The molecule has 3 aliphatic rings. The highest BCUT2D eigenvalue weighted by molar-refractivity contribution is 14.1. The van der Waals surface area contributed by atoms with Gasteiger partial charge in [0.25, 0.3) is 0 Å². The van der Waals surface area contributed by atoms with Crippen LogP contribution >= 0.6 is 22.6 Å². The van der Waals surface area contributed by atoms with Gasteiger partial charge in [-0.2, -0.15) is 0 Å². The quantitative estimate of drug-likeness (QED) is 0.467. The van der Waals surface area contributed by atoms with E-state index in [0.717, 1.165) is 12.7 Å². The minimum Gasteiger partial charge on any atom is -0.361 e. The Morgan fingerprint density at radius 2 is 2.05 bits per heavy atom. The zero-order valence-electron chi connectivity index (χ0n) is 10.5. The standard InChI is InChI=1S/C16H15IO2/c17-14-7-12-11(10-4-2-1-3-5-10)6-13(15(12)14)16(8-18)9-19-16/h1-5,7-8,11-13,15H,6,9H2/t11?,12?,13?,15?,16-/m0/s1. The van der Waals surface area contributed by atoms with Gasteiger partial charge in [0.2, 0.25) is 0 Å². The summed E-state index contributed by atoms with van der Waals surface area (Å²) in [6, 6.07) is 10.7. The van der Waals surface area contributed by atoms with Crippen LogP contribution in [0.4, 0.5) is 0 Å². The Labute approximate surface area is 126 Å². The highest BCUT2D eigenvalue weighted by Gasteiger charge is 2.62. The largest absolute Gasteiger partial charge is 0.361 e. The SMILES string of the molecule is O=C[C@@]1(C2CC(c3ccccc3)C3C=C(I)C32)CO1. The molecule has 0 amide bonds. The summed E-state index contributed by atoms with van der Waals surface area (Å²) in [6.45, 7) is 0.621. The third kappa shape index (κ3) is 1.67. The van der Waals surface area contributed by atoms with Crippen LogP contribution in [0.5, 0.6) is 0 Å². The Hall–Kier alpha value is -0.680. The van der Waals surface area contributed by atoms with Gasteiger partial charge in [0, 0.05) is 11.8 Å². The predicted octanol–water partition coefficient (Wildman–Crippen LogP) is 3.32. The van der Waals surface area contributed by atoms with Crippen LogP contribution in [-0.2, 0) is 9.53 Å². The lowest BCUT2D eigenvalue weighted by Gasteiger charge is -2.34. The maximum atomic E-state index is 11.4. The molecule has 3 heteroatoms. The number of carbonyl (C=O) groups is 1. The summed E-state index contributed by atoms with van der Waals surface area (Å²) in [4.78, 5) is 11.4. The fourth-order valence-electron chi connectivity index (χ4n) is 3.88. The molecule has 98 valence electrons. The van der Waals surface area contributed by atoms with Crippen molar-refractivity contribution in [2.75, 3.05) is 6.61 Å². The molecule has 5 atom stereocenters. The van der Waals surface area contributed by atoms with Crippen LogP contribution in [0.1, 0.15) is 17.9 Å². The third-order valence-electron chi connectivity index (χ3n) is 5.02. The molecular formula is C16H15IO2. The van der Waals surface area contributed by atoms with Gasteiger partial charge in [-0.3, -0.25) is 0 Å². The number of hydrogen-bond acceptors (Lipinski definition) is 2. The zero-order valence-corrected chi connectivity index (χ0v) is 12.6. The molecule has 1 saturated carbocycles. The van der Waals surface area contributed by atoms with Crippen LogP contribution in [-0.4, -0.2) is 18.5 Å². The Morgan fingerprint density at radius 1 is 1.32 bits per heavy atom. The predicted molar refractivity (Wildman–Crippen MR) is 81.1 cm³/mol. The lowest BCUT2D eigenvalue weighted by Crippen LogP contribution is -2.34. The lowest BCUT2D eigenvalue weighted by molar-refractivity contribution is -0.114. The molecule has 19 heavy (non-hydrogen) atoms. The van der Waals surface area contributed by atoms with Crippen LogP contribution in [0.3, 0.4) is 0 Å². The summed E-state index contributed by atoms with van der Waals surface area (Å²) in [5.74, 6) is 2.06. The first-order chi connectivity index (χ1) is 9.25. The van der Waals surface area contributed by atoms with E-state index in [1.54, 1.807) is 0 Å². The molecule has 0 N–H and O–H groups in total. The van der Waals surface area contributed by atoms with E-state index in [2.05, 4.69) is 59.0 Å². The fourth-order valence-corrected chi connectivity index (χ4v) is 5.15. The molecular weight excluding hydrogens is 351 g/mol. The lowest BCUT2D eigenvalue weighted by atomic mass is 9.74. The number of rotatable bonds is 3. The monoisotopic (exact) mass is 366 g/mol.